The fourth-order valence-electron chi connectivity index (χ4n) is 4.09. The number of aryl methyl sites for hydroxylation is 1. The summed E-state index contributed by atoms with van der Waals surface area (Å²) >= 11 is 0. The molecular formula is C25H26N6O. The van der Waals surface area contributed by atoms with E-state index >= 15 is 0 Å². The molecule has 1 N–H and O–H groups in total. The first-order valence-electron chi connectivity index (χ1n) is 10.9. The summed E-state index contributed by atoms with van der Waals surface area (Å²) in [5.41, 5.74) is 3.98. The van der Waals surface area contributed by atoms with Crippen molar-refractivity contribution < 1.29 is 4.79 Å². The van der Waals surface area contributed by atoms with E-state index in [1.165, 1.54) is 5.56 Å². The van der Waals surface area contributed by atoms with Crippen molar-refractivity contribution in [2.75, 3.05) is 36.4 Å². The van der Waals surface area contributed by atoms with Crippen LogP contribution < -0.4 is 10.2 Å². The van der Waals surface area contributed by atoms with Gasteiger partial charge in [-0.25, -0.2) is 4.98 Å². The summed E-state index contributed by atoms with van der Waals surface area (Å²) in [6, 6.07) is 15.9. The fourth-order valence-corrected chi connectivity index (χ4v) is 4.09. The molecule has 0 radical (unpaired) electrons. The number of aromatic nitrogens is 3. The van der Waals surface area contributed by atoms with Crippen LogP contribution in [0.5, 0.6) is 0 Å². The molecule has 5 rings (SSSR count). The fraction of sp³-hybridized carbons (Fsp3) is 0.240. The molecule has 7 nitrogen and oxygen atoms in total. The van der Waals surface area contributed by atoms with Crippen LogP contribution in [0, 0.1) is 6.92 Å². The summed E-state index contributed by atoms with van der Waals surface area (Å²) in [6.45, 7) is 6.75. The topological polar surface area (TPSA) is 65.8 Å². The van der Waals surface area contributed by atoms with Gasteiger partial charge in [-0.15, -0.1) is 0 Å². The maximum Gasteiger partial charge on any atom is 0.258 e. The van der Waals surface area contributed by atoms with E-state index < -0.39 is 0 Å². The number of fused-ring (bicyclic) bond motifs is 1. The summed E-state index contributed by atoms with van der Waals surface area (Å²) in [4.78, 5) is 26.1. The molecule has 0 unspecified atom stereocenters. The van der Waals surface area contributed by atoms with Crippen LogP contribution >= 0.6 is 0 Å². The molecule has 1 amide bonds. The Balaban J connectivity index is 1.29. The molecule has 0 aliphatic carbocycles. The number of piperazine rings is 1. The number of nitrogens with zero attached hydrogens (tertiary/aromatic N) is 5. The van der Waals surface area contributed by atoms with Crippen LogP contribution in [0.3, 0.4) is 0 Å². The third kappa shape index (κ3) is 4.33. The van der Waals surface area contributed by atoms with Crippen molar-refractivity contribution in [2.45, 2.75) is 13.5 Å². The second-order valence-corrected chi connectivity index (χ2v) is 8.20. The maximum absolute atomic E-state index is 12.8. The molecule has 1 fully saturated rings. The first-order chi connectivity index (χ1) is 15.7. The van der Waals surface area contributed by atoms with Gasteiger partial charge in [-0.2, -0.15) is 0 Å². The Kier molecular flexibility index (Phi) is 5.56. The lowest BCUT2D eigenvalue weighted by Gasteiger charge is -2.35. The van der Waals surface area contributed by atoms with E-state index in [9.17, 15) is 4.79 Å². The predicted octanol–water partition coefficient (Wildman–Crippen LogP) is 3.61. The van der Waals surface area contributed by atoms with E-state index in [0.29, 0.717) is 11.4 Å². The van der Waals surface area contributed by atoms with E-state index in [2.05, 4.69) is 47.7 Å². The number of hydrogen-bond donors (Lipinski definition) is 1. The van der Waals surface area contributed by atoms with Gasteiger partial charge in [0.05, 0.1) is 5.56 Å². The van der Waals surface area contributed by atoms with Crippen LogP contribution in [-0.4, -0.2) is 51.4 Å². The lowest BCUT2D eigenvalue weighted by molar-refractivity contribution is 0.102. The Hall–Kier alpha value is -3.71. The molecule has 0 bridgehead atoms. The van der Waals surface area contributed by atoms with Gasteiger partial charge in [-0.05, 0) is 54.4 Å². The van der Waals surface area contributed by atoms with Gasteiger partial charge in [0.1, 0.15) is 11.6 Å². The number of pyridine rings is 3. The quantitative estimate of drug-likeness (QED) is 0.528. The molecule has 0 saturated carbocycles. The second-order valence-electron chi connectivity index (χ2n) is 8.20. The third-order valence-electron chi connectivity index (χ3n) is 5.87. The lowest BCUT2D eigenvalue weighted by Crippen LogP contribution is -2.46. The van der Waals surface area contributed by atoms with Crippen molar-refractivity contribution in [3.05, 3.63) is 90.0 Å². The average Bonchev–Trinajstić information content (AvgIpc) is 3.25. The number of hydrogen-bond acceptors (Lipinski definition) is 5. The highest BCUT2D eigenvalue weighted by molar-refractivity contribution is 6.03. The minimum atomic E-state index is -0.163. The van der Waals surface area contributed by atoms with E-state index in [1.54, 1.807) is 6.20 Å². The average molecular weight is 427 g/mol. The standard InChI is InChI=1S/C25H26N6O/c1-19-4-8-23(27-15-19)28-25(32)21-5-6-22-7-9-24(31(22)18-21)30-13-11-29(12-14-30)17-20-3-2-10-26-16-20/h2-10,15-16,18H,11-14,17H2,1H3,(H,27,28,32). The number of amides is 1. The van der Waals surface area contributed by atoms with E-state index in [4.69, 9.17) is 0 Å². The number of nitrogens with one attached hydrogen (secondary N) is 1. The zero-order valence-corrected chi connectivity index (χ0v) is 18.1. The molecule has 4 aromatic rings. The molecule has 7 heteroatoms. The second kappa shape index (κ2) is 8.80. The van der Waals surface area contributed by atoms with Gasteiger partial charge >= 0.3 is 0 Å². The van der Waals surface area contributed by atoms with Gasteiger partial charge < -0.3 is 14.6 Å². The SMILES string of the molecule is Cc1ccc(NC(=O)c2ccc3ccc(N4CCN(Cc5cccnc5)CC4)n3c2)nc1. The summed E-state index contributed by atoms with van der Waals surface area (Å²) in [6.07, 6.45) is 7.41. The summed E-state index contributed by atoms with van der Waals surface area (Å²) in [5.74, 6) is 1.51. The van der Waals surface area contributed by atoms with Crippen molar-refractivity contribution >= 4 is 23.1 Å². The molecule has 1 aliphatic heterocycles. The summed E-state index contributed by atoms with van der Waals surface area (Å²) in [5, 5.41) is 2.88. The zero-order chi connectivity index (χ0) is 21.9. The van der Waals surface area contributed by atoms with E-state index in [0.717, 1.165) is 49.6 Å². The first kappa shape index (κ1) is 20.2. The van der Waals surface area contributed by atoms with Crippen molar-refractivity contribution in [1.29, 1.82) is 0 Å². The summed E-state index contributed by atoms with van der Waals surface area (Å²) in [7, 11) is 0. The van der Waals surface area contributed by atoms with Gasteiger partial charge in [-0.1, -0.05) is 12.1 Å². The Labute approximate surface area is 187 Å². The van der Waals surface area contributed by atoms with Crippen LogP contribution in [0.25, 0.3) is 5.52 Å². The van der Waals surface area contributed by atoms with Crippen molar-refractivity contribution in [3.8, 4) is 0 Å². The van der Waals surface area contributed by atoms with Gasteiger partial charge in [0.2, 0.25) is 0 Å². The Morgan fingerprint density at radius 2 is 1.84 bits per heavy atom. The minimum Gasteiger partial charge on any atom is -0.355 e. The number of rotatable bonds is 5. The highest BCUT2D eigenvalue weighted by Crippen LogP contribution is 2.22. The van der Waals surface area contributed by atoms with Crippen LogP contribution in [0.2, 0.25) is 0 Å². The molecule has 162 valence electrons. The van der Waals surface area contributed by atoms with Crippen LogP contribution in [0.15, 0.2) is 73.3 Å². The molecule has 32 heavy (non-hydrogen) atoms. The smallest absolute Gasteiger partial charge is 0.258 e. The van der Waals surface area contributed by atoms with Gasteiger partial charge in [0.25, 0.3) is 5.91 Å². The molecule has 4 aromatic heterocycles. The van der Waals surface area contributed by atoms with Crippen LogP contribution in [0.1, 0.15) is 21.5 Å². The zero-order valence-electron chi connectivity index (χ0n) is 18.1. The van der Waals surface area contributed by atoms with E-state index in [1.807, 2.05) is 55.8 Å². The lowest BCUT2D eigenvalue weighted by atomic mass is 10.2. The van der Waals surface area contributed by atoms with Crippen LogP contribution in [0.4, 0.5) is 11.6 Å². The van der Waals surface area contributed by atoms with E-state index in [-0.39, 0.29) is 5.91 Å². The molecule has 0 atom stereocenters. The van der Waals surface area contributed by atoms with Gasteiger partial charge in [0.15, 0.2) is 0 Å². The monoisotopic (exact) mass is 426 g/mol. The molecule has 1 aliphatic rings. The Morgan fingerprint density at radius 3 is 2.59 bits per heavy atom. The van der Waals surface area contributed by atoms with Crippen molar-refractivity contribution in [3.63, 3.8) is 0 Å². The molecule has 0 spiro atoms. The highest BCUT2D eigenvalue weighted by Gasteiger charge is 2.20. The van der Waals surface area contributed by atoms with Gasteiger partial charge in [0, 0.05) is 63.0 Å². The molecular weight excluding hydrogens is 400 g/mol. The Morgan fingerprint density at radius 1 is 1.00 bits per heavy atom. The maximum atomic E-state index is 12.8. The number of carbonyl (C=O) groups excluding carboxylic acids is 1. The minimum absolute atomic E-state index is 0.163. The highest BCUT2D eigenvalue weighted by atomic mass is 16.1. The van der Waals surface area contributed by atoms with Crippen LogP contribution in [-0.2, 0) is 6.54 Å². The summed E-state index contributed by atoms with van der Waals surface area (Å²) < 4.78 is 2.11. The first-order valence-corrected chi connectivity index (χ1v) is 10.9. The molecule has 0 aromatic carbocycles. The van der Waals surface area contributed by atoms with Crippen molar-refractivity contribution in [1.82, 2.24) is 19.3 Å². The van der Waals surface area contributed by atoms with Gasteiger partial charge in [-0.3, -0.25) is 14.7 Å². The number of carbonyl (C=O) groups is 1. The third-order valence-corrected chi connectivity index (χ3v) is 5.87. The number of anilines is 2. The molecule has 5 heterocycles. The normalized spacial score (nSPS) is 14.6. The van der Waals surface area contributed by atoms with Crippen molar-refractivity contribution in [2.24, 2.45) is 0 Å². The molecule has 1 saturated heterocycles. The Bertz CT molecular complexity index is 1210. The largest absolute Gasteiger partial charge is 0.355 e. The predicted molar refractivity (Wildman–Crippen MR) is 126 cm³/mol.